The van der Waals surface area contributed by atoms with Crippen LogP contribution in [0.25, 0.3) is 0 Å². The molecule has 0 atom stereocenters. The Kier molecular flexibility index (Phi) is 7.47. The van der Waals surface area contributed by atoms with Crippen LogP contribution in [-0.2, 0) is 0 Å². The minimum Gasteiger partial charge on any atom is -0.0882 e. The highest BCUT2D eigenvalue weighted by Crippen LogP contribution is 2.11. The highest BCUT2D eigenvalue weighted by atomic mass is 14.0. The van der Waals surface area contributed by atoms with Gasteiger partial charge in [0.2, 0.25) is 0 Å². The molecule has 0 unspecified atom stereocenters. The molecule has 1 aliphatic carbocycles. The maximum Gasteiger partial charge on any atom is -0.0169 e. The molecule has 0 amide bonds. The molecule has 0 heterocycles. The van der Waals surface area contributed by atoms with Gasteiger partial charge in [0.05, 0.1) is 0 Å². The van der Waals surface area contributed by atoms with Gasteiger partial charge in [-0.3, -0.25) is 0 Å². The second-order valence-corrected chi connectivity index (χ2v) is 4.23. The molecule has 0 spiro atoms. The summed E-state index contributed by atoms with van der Waals surface area (Å²) in [6, 6.07) is 0. The summed E-state index contributed by atoms with van der Waals surface area (Å²) >= 11 is 0. The van der Waals surface area contributed by atoms with Crippen LogP contribution in [0.4, 0.5) is 0 Å². The molecule has 1 rings (SSSR count). The molecule has 1 aliphatic rings. The third-order valence-corrected chi connectivity index (χ3v) is 2.85. The topological polar surface area (TPSA) is 0 Å². The Morgan fingerprint density at radius 2 is 0.857 bits per heavy atom. The van der Waals surface area contributed by atoms with Crippen molar-refractivity contribution in [3.05, 3.63) is 24.3 Å². The fourth-order valence-electron chi connectivity index (χ4n) is 1.91. The van der Waals surface area contributed by atoms with Crippen LogP contribution in [0, 0.1) is 0 Å². The Morgan fingerprint density at radius 3 is 1.36 bits per heavy atom. The van der Waals surface area contributed by atoms with Gasteiger partial charge in [-0.05, 0) is 32.1 Å². The molecular formula is C14H24. The number of hydrogen-bond donors (Lipinski definition) is 0. The Hall–Kier alpha value is -0.520. The summed E-state index contributed by atoms with van der Waals surface area (Å²) in [7, 11) is 0. The van der Waals surface area contributed by atoms with Gasteiger partial charge in [0.25, 0.3) is 0 Å². The van der Waals surface area contributed by atoms with E-state index in [0.717, 1.165) is 6.42 Å². The van der Waals surface area contributed by atoms with Gasteiger partial charge >= 0.3 is 0 Å². The SMILES string of the molecule is C1=C\CCCCCCCCC/C=C/C/1. The van der Waals surface area contributed by atoms with Gasteiger partial charge < -0.3 is 0 Å². The van der Waals surface area contributed by atoms with E-state index in [2.05, 4.69) is 24.3 Å². The quantitative estimate of drug-likeness (QED) is 0.473. The molecule has 80 valence electrons. The largest absolute Gasteiger partial charge is 0.0882 e. The van der Waals surface area contributed by atoms with Crippen LogP contribution in [-0.4, -0.2) is 0 Å². The van der Waals surface area contributed by atoms with Crippen molar-refractivity contribution in [3.63, 3.8) is 0 Å². The number of allylic oxidation sites excluding steroid dienone is 4. The van der Waals surface area contributed by atoms with E-state index in [-0.39, 0.29) is 0 Å². The monoisotopic (exact) mass is 192 g/mol. The lowest BCUT2D eigenvalue weighted by atomic mass is 10.1. The van der Waals surface area contributed by atoms with Crippen molar-refractivity contribution in [2.24, 2.45) is 0 Å². The Labute approximate surface area is 89.1 Å². The maximum atomic E-state index is 2.34. The lowest BCUT2D eigenvalue weighted by Gasteiger charge is -2.00. The fourth-order valence-corrected chi connectivity index (χ4v) is 1.91. The first-order valence-corrected chi connectivity index (χ1v) is 6.30. The standard InChI is InChI=1S/C14H24/c1-2-4-6-8-10-12-14-13-11-9-7-5-3-1/h1-2,5,7H,3-4,6,8-14H2/b2-1-,7-5+. The fraction of sp³-hybridized carbons (Fsp3) is 0.714. The van der Waals surface area contributed by atoms with E-state index in [4.69, 9.17) is 0 Å². The average molecular weight is 192 g/mol. The number of hydrogen-bond acceptors (Lipinski definition) is 0. The van der Waals surface area contributed by atoms with E-state index in [0.29, 0.717) is 0 Å². The minimum atomic E-state index is 1.14. The Bertz CT molecular complexity index is 147. The zero-order chi connectivity index (χ0) is 9.90. The van der Waals surface area contributed by atoms with Crippen molar-refractivity contribution in [2.75, 3.05) is 0 Å². The summed E-state index contributed by atoms with van der Waals surface area (Å²) in [5, 5.41) is 0. The van der Waals surface area contributed by atoms with Crippen molar-refractivity contribution in [2.45, 2.75) is 64.2 Å². The lowest BCUT2D eigenvalue weighted by Crippen LogP contribution is -1.81. The van der Waals surface area contributed by atoms with Crippen LogP contribution in [0.1, 0.15) is 64.2 Å². The van der Waals surface area contributed by atoms with Crippen LogP contribution < -0.4 is 0 Å². The number of rotatable bonds is 0. The third-order valence-electron chi connectivity index (χ3n) is 2.85. The molecule has 0 aromatic rings. The molecule has 0 saturated carbocycles. The van der Waals surface area contributed by atoms with E-state index >= 15 is 0 Å². The second-order valence-electron chi connectivity index (χ2n) is 4.23. The van der Waals surface area contributed by atoms with Gasteiger partial charge in [-0.2, -0.15) is 0 Å². The van der Waals surface area contributed by atoms with Gasteiger partial charge in [0.1, 0.15) is 0 Å². The summed E-state index contributed by atoms with van der Waals surface area (Å²) in [4.78, 5) is 0. The molecule has 0 radical (unpaired) electrons. The molecule has 0 aromatic carbocycles. The first-order chi connectivity index (χ1) is 7.00. The summed E-state index contributed by atoms with van der Waals surface area (Å²) in [6.45, 7) is 0. The molecule has 0 saturated heterocycles. The highest BCUT2D eigenvalue weighted by molar-refractivity contribution is 4.92. The van der Waals surface area contributed by atoms with Gasteiger partial charge in [0.15, 0.2) is 0 Å². The van der Waals surface area contributed by atoms with Gasteiger partial charge in [0, 0.05) is 0 Å². The van der Waals surface area contributed by atoms with Crippen molar-refractivity contribution in [3.8, 4) is 0 Å². The van der Waals surface area contributed by atoms with Crippen molar-refractivity contribution >= 4 is 0 Å². The molecule has 0 aliphatic heterocycles. The normalized spacial score (nSPS) is 26.3. The van der Waals surface area contributed by atoms with E-state index < -0.39 is 0 Å². The minimum absolute atomic E-state index is 1.14. The molecule has 14 heavy (non-hydrogen) atoms. The van der Waals surface area contributed by atoms with Gasteiger partial charge in [-0.1, -0.05) is 56.4 Å². The summed E-state index contributed by atoms with van der Waals surface area (Å²) in [5.74, 6) is 0. The lowest BCUT2D eigenvalue weighted by molar-refractivity contribution is 0.583. The zero-order valence-corrected chi connectivity index (χ0v) is 9.38. The Morgan fingerprint density at radius 1 is 0.429 bits per heavy atom. The molecule has 0 aromatic heterocycles. The predicted octanol–water partition coefficient (Wildman–Crippen LogP) is 5.01. The molecule has 0 bridgehead atoms. The van der Waals surface area contributed by atoms with Gasteiger partial charge in [-0.25, -0.2) is 0 Å². The van der Waals surface area contributed by atoms with Crippen LogP contribution in [0.2, 0.25) is 0 Å². The van der Waals surface area contributed by atoms with E-state index in [1.807, 2.05) is 0 Å². The molecule has 0 nitrogen and oxygen atoms in total. The van der Waals surface area contributed by atoms with Crippen molar-refractivity contribution in [1.29, 1.82) is 0 Å². The Balaban J connectivity index is 2.17. The van der Waals surface area contributed by atoms with E-state index in [9.17, 15) is 0 Å². The summed E-state index contributed by atoms with van der Waals surface area (Å²) in [5.41, 5.74) is 0. The third kappa shape index (κ3) is 6.94. The molecular weight excluding hydrogens is 168 g/mol. The zero-order valence-electron chi connectivity index (χ0n) is 9.38. The summed E-state index contributed by atoms with van der Waals surface area (Å²) in [6.07, 6.45) is 23.0. The summed E-state index contributed by atoms with van der Waals surface area (Å²) < 4.78 is 0. The van der Waals surface area contributed by atoms with Crippen molar-refractivity contribution in [1.82, 2.24) is 0 Å². The second kappa shape index (κ2) is 9.05. The molecule has 0 N–H and O–H groups in total. The van der Waals surface area contributed by atoms with Crippen LogP contribution in [0.5, 0.6) is 0 Å². The first kappa shape index (κ1) is 11.6. The van der Waals surface area contributed by atoms with Crippen LogP contribution in [0.3, 0.4) is 0 Å². The maximum absolute atomic E-state index is 2.34. The first-order valence-electron chi connectivity index (χ1n) is 6.30. The van der Waals surface area contributed by atoms with Crippen molar-refractivity contribution < 1.29 is 0 Å². The van der Waals surface area contributed by atoms with Crippen LogP contribution in [0.15, 0.2) is 24.3 Å². The predicted molar refractivity (Wildman–Crippen MR) is 64.5 cm³/mol. The average Bonchev–Trinajstić information content (AvgIpc) is 2.22. The molecule has 0 fully saturated rings. The van der Waals surface area contributed by atoms with Crippen LogP contribution >= 0.6 is 0 Å². The van der Waals surface area contributed by atoms with E-state index in [1.54, 1.807) is 0 Å². The smallest absolute Gasteiger partial charge is 0.0169 e. The molecule has 0 heteroatoms. The van der Waals surface area contributed by atoms with E-state index in [1.165, 1.54) is 57.8 Å². The van der Waals surface area contributed by atoms with Gasteiger partial charge in [-0.15, -0.1) is 0 Å². The highest BCUT2D eigenvalue weighted by Gasteiger charge is 1.91.